The van der Waals surface area contributed by atoms with E-state index in [-0.39, 0.29) is 6.61 Å². The quantitative estimate of drug-likeness (QED) is 0.851. The van der Waals surface area contributed by atoms with E-state index in [1.54, 1.807) is 17.1 Å². The molecule has 3 N–H and O–H groups in total. The lowest BCUT2D eigenvalue weighted by atomic mass is 10.2. The molecule has 0 radical (unpaired) electrons. The molecule has 1 heterocycles. The van der Waals surface area contributed by atoms with Gasteiger partial charge in [-0.3, -0.25) is 0 Å². The van der Waals surface area contributed by atoms with Crippen molar-refractivity contribution in [3.63, 3.8) is 0 Å². The number of hydrogen-bond acceptors (Lipinski definition) is 3. The van der Waals surface area contributed by atoms with Crippen molar-refractivity contribution in [2.75, 3.05) is 6.61 Å². The largest absolute Gasteiger partial charge is 0.394 e. The summed E-state index contributed by atoms with van der Waals surface area (Å²) in [6.45, 7) is -0.125. The van der Waals surface area contributed by atoms with Crippen LogP contribution in [0.5, 0.6) is 0 Å². The van der Waals surface area contributed by atoms with E-state index in [0.717, 1.165) is 5.69 Å². The first-order valence-electron chi connectivity index (χ1n) is 4.87. The highest BCUT2D eigenvalue weighted by atomic mass is 35.5. The van der Waals surface area contributed by atoms with Crippen LogP contribution in [0, 0.1) is 0 Å². The van der Waals surface area contributed by atoms with Crippen LogP contribution in [0.25, 0.3) is 5.69 Å². The zero-order valence-corrected chi connectivity index (χ0v) is 9.30. The fourth-order valence-corrected chi connectivity index (χ4v) is 1.65. The molecule has 1 atom stereocenters. The van der Waals surface area contributed by atoms with Crippen LogP contribution in [0.2, 0.25) is 5.02 Å². The fraction of sp³-hybridized carbons (Fsp3) is 0.182. The van der Waals surface area contributed by atoms with Gasteiger partial charge in [0.2, 0.25) is 0 Å². The molecular weight excluding hydrogens is 226 g/mol. The van der Waals surface area contributed by atoms with E-state index >= 15 is 0 Å². The Morgan fingerprint density at radius 1 is 1.44 bits per heavy atom. The predicted octanol–water partition coefficient (Wildman–Crippen LogP) is 1.52. The Bertz CT molecular complexity index is 484. The van der Waals surface area contributed by atoms with Crippen LogP contribution in [0.1, 0.15) is 11.7 Å². The van der Waals surface area contributed by atoms with Gasteiger partial charge in [0.25, 0.3) is 0 Å². The number of nitrogens with two attached hydrogens (primary N) is 1. The second kappa shape index (κ2) is 4.65. The van der Waals surface area contributed by atoms with E-state index in [2.05, 4.69) is 4.98 Å². The number of aliphatic hydroxyl groups excluding tert-OH is 1. The third-order valence-corrected chi connectivity index (χ3v) is 2.63. The lowest BCUT2D eigenvalue weighted by Gasteiger charge is -2.04. The maximum absolute atomic E-state index is 8.92. The molecule has 0 spiro atoms. The molecule has 0 saturated carbocycles. The third-order valence-electron chi connectivity index (χ3n) is 2.31. The number of hydrogen-bond donors (Lipinski definition) is 2. The number of aliphatic hydroxyl groups is 1. The highest BCUT2D eigenvalue weighted by Crippen LogP contribution is 2.20. The topological polar surface area (TPSA) is 64.1 Å². The molecular formula is C11H12ClN3O. The number of aromatic nitrogens is 2. The molecule has 1 aromatic heterocycles. The molecule has 0 aliphatic heterocycles. The Kier molecular flexibility index (Phi) is 3.24. The number of para-hydroxylation sites is 1. The van der Waals surface area contributed by atoms with Gasteiger partial charge in [0.15, 0.2) is 0 Å². The second-order valence-electron chi connectivity index (χ2n) is 3.45. The summed E-state index contributed by atoms with van der Waals surface area (Å²) in [5.74, 6) is 0. The van der Waals surface area contributed by atoms with Crippen LogP contribution < -0.4 is 5.73 Å². The summed E-state index contributed by atoms with van der Waals surface area (Å²) in [5, 5.41) is 9.56. The van der Waals surface area contributed by atoms with Crippen molar-refractivity contribution in [1.29, 1.82) is 0 Å². The first-order valence-corrected chi connectivity index (χ1v) is 5.25. The summed E-state index contributed by atoms with van der Waals surface area (Å²) in [6.07, 6.45) is 3.40. The lowest BCUT2D eigenvalue weighted by molar-refractivity contribution is 0.266. The lowest BCUT2D eigenvalue weighted by Crippen LogP contribution is -2.14. The van der Waals surface area contributed by atoms with E-state index in [4.69, 9.17) is 22.4 Å². The van der Waals surface area contributed by atoms with Gasteiger partial charge in [0.05, 0.1) is 35.4 Å². The van der Waals surface area contributed by atoms with Crippen molar-refractivity contribution in [2.24, 2.45) is 5.73 Å². The summed E-state index contributed by atoms with van der Waals surface area (Å²) >= 11 is 6.05. The smallest absolute Gasteiger partial charge is 0.0996 e. The maximum Gasteiger partial charge on any atom is 0.0996 e. The Labute approximate surface area is 98.3 Å². The van der Waals surface area contributed by atoms with Crippen molar-refractivity contribution in [2.45, 2.75) is 6.04 Å². The van der Waals surface area contributed by atoms with Crippen LogP contribution in [0.15, 0.2) is 36.8 Å². The Morgan fingerprint density at radius 2 is 2.19 bits per heavy atom. The SMILES string of the molecule is NC(CO)c1cn(-c2ccccc2Cl)cn1. The maximum atomic E-state index is 8.92. The minimum atomic E-state index is -0.455. The van der Waals surface area contributed by atoms with Gasteiger partial charge in [0.1, 0.15) is 0 Å². The molecule has 1 unspecified atom stereocenters. The highest BCUT2D eigenvalue weighted by Gasteiger charge is 2.09. The molecule has 5 heteroatoms. The fourth-order valence-electron chi connectivity index (χ4n) is 1.42. The molecule has 0 aliphatic rings. The molecule has 0 aliphatic carbocycles. The summed E-state index contributed by atoms with van der Waals surface area (Å²) < 4.78 is 1.78. The van der Waals surface area contributed by atoms with Gasteiger partial charge < -0.3 is 15.4 Å². The van der Waals surface area contributed by atoms with Crippen LogP contribution in [-0.4, -0.2) is 21.3 Å². The zero-order valence-electron chi connectivity index (χ0n) is 8.55. The summed E-state index contributed by atoms with van der Waals surface area (Å²) in [5.41, 5.74) is 7.15. The molecule has 4 nitrogen and oxygen atoms in total. The minimum absolute atomic E-state index is 0.125. The van der Waals surface area contributed by atoms with Gasteiger partial charge in [-0.25, -0.2) is 4.98 Å². The van der Waals surface area contributed by atoms with Crippen molar-refractivity contribution >= 4 is 11.6 Å². The molecule has 0 amide bonds. The molecule has 0 bridgehead atoms. The monoisotopic (exact) mass is 237 g/mol. The molecule has 1 aromatic carbocycles. The summed E-state index contributed by atoms with van der Waals surface area (Å²) in [7, 11) is 0. The van der Waals surface area contributed by atoms with Crippen molar-refractivity contribution in [3.05, 3.63) is 47.5 Å². The van der Waals surface area contributed by atoms with Crippen LogP contribution >= 0.6 is 11.6 Å². The molecule has 0 saturated heterocycles. The van der Waals surface area contributed by atoms with E-state index < -0.39 is 6.04 Å². The minimum Gasteiger partial charge on any atom is -0.394 e. The Balaban J connectivity index is 2.35. The zero-order chi connectivity index (χ0) is 11.5. The number of benzene rings is 1. The molecule has 0 fully saturated rings. The number of nitrogens with zero attached hydrogens (tertiary/aromatic N) is 2. The van der Waals surface area contributed by atoms with E-state index in [0.29, 0.717) is 10.7 Å². The summed E-state index contributed by atoms with van der Waals surface area (Å²) in [6, 6.07) is 7.00. The Morgan fingerprint density at radius 3 is 2.88 bits per heavy atom. The van der Waals surface area contributed by atoms with Gasteiger partial charge in [-0.2, -0.15) is 0 Å². The third kappa shape index (κ3) is 2.09. The number of imidazole rings is 1. The normalized spacial score (nSPS) is 12.7. The number of rotatable bonds is 3. The molecule has 2 rings (SSSR count). The van der Waals surface area contributed by atoms with Crippen LogP contribution in [-0.2, 0) is 0 Å². The van der Waals surface area contributed by atoms with Crippen molar-refractivity contribution in [1.82, 2.24) is 9.55 Å². The molecule has 16 heavy (non-hydrogen) atoms. The van der Waals surface area contributed by atoms with Crippen molar-refractivity contribution < 1.29 is 5.11 Å². The van der Waals surface area contributed by atoms with Crippen LogP contribution in [0.4, 0.5) is 0 Å². The standard InChI is InChI=1S/C11H12ClN3O/c12-8-3-1-2-4-11(8)15-5-10(14-7-15)9(13)6-16/h1-5,7,9,16H,6,13H2. The van der Waals surface area contributed by atoms with Crippen LogP contribution in [0.3, 0.4) is 0 Å². The van der Waals surface area contributed by atoms with E-state index in [1.165, 1.54) is 0 Å². The molecule has 2 aromatic rings. The highest BCUT2D eigenvalue weighted by molar-refractivity contribution is 6.32. The first kappa shape index (κ1) is 11.1. The molecule has 84 valence electrons. The average molecular weight is 238 g/mol. The second-order valence-corrected chi connectivity index (χ2v) is 3.85. The Hall–Kier alpha value is -1.36. The van der Waals surface area contributed by atoms with Gasteiger partial charge in [-0.1, -0.05) is 23.7 Å². The van der Waals surface area contributed by atoms with E-state index in [1.807, 2.05) is 24.3 Å². The van der Waals surface area contributed by atoms with Gasteiger partial charge >= 0.3 is 0 Å². The van der Waals surface area contributed by atoms with Crippen molar-refractivity contribution in [3.8, 4) is 5.69 Å². The predicted molar refractivity (Wildman–Crippen MR) is 62.6 cm³/mol. The summed E-state index contributed by atoms with van der Waals surface area (Å²) in [4.78, 5) is 4.12. The van der Waals surface area contributed by atoms with Gasteiger partial charge in [-0.05, 0) is 12.1 Å². The van der Waals surface area contributed by atoms with Gasteiger partial charge in [-0.15, -0.1) is 0 Å². The number of halogens is 1. The first-order chi connectivity index (χ1) is 7.72. The van der Waals surface area contributed by atoms with Gasteiger partial charge in [0, 0.05) is 6.20 Å². The average Bonchev–Trinajstić information content (AvgIpc) is 2.78. The van der Waals surface area contributed by atoms with E-state index in [9.17, 15) is 0 Å².